The summed E-state index contributed by atoms with van der Waals surface area (Å²) in [5.74, 6) is 1.37. The molecule has 84 valence electrons. The molecule has 6 heteroatoms. The van der Waals surface area contributed by atoms with Crippen LogP contribution in [0.25, 0.3) is 0 Å². The van der Waals surface area contributed by atoms with Gasteiger partial charge in [-0.15, -0.1) is 11.3 Å². The normalized spacial score (nSPS) is 12.3. The molecule has 0 amide bonds. The van der Waals surface area contributed by atoms with Gasteiger partial charge in [0.2, 0.25) is 5.95 Å². The Kier molecular flexibility index (Phi) is 3.31. The van der Waals surface area contributed by atoms with E-state index in [1.54, 1.807) is 23.6 Å². The van der Waals surface area contributed by atoms with Crippen LogP contribution in [0.4, 0.5) is 11.8 Å². The zero-order chi connectivity index (χ0) is 11.4. The number of aromatic nitrogens is 3. The van der Waals surface area contributed by atoms with Crippen LogP contribution in [-0.4, -0.2) is 21.5 Å². The Morgan fingerprint density at radius 1 is 1.44 bits per heavy atom. The van der Waals surface area contributed by atoms with Gasteiger partial charge in [0.05, 0.1) is 5.01 Å². The van der Waals surface area contributed by atoms with Crippen LogP contribution >= 0.6 is 11.3 Å². The highest BCUT2D eigenvalue weighted by Crippen LogP contribution is 2.17. The van der Waals surface area contributed by atoms with E-state index in [2.05, 4.69) is 27.2 Å². The fourth-order valence-electron chi connectivity index (χ4n) is 1.27. The minimum atomic E-state index is 0.338. The van der Waals surface area contributed by atoms with Crippen molar-refractivity contribution in [2.75, 3.05) is 17.6 Å². The molecule has 0 aromatic carbocycles. The van der Waals surface area contributed by atoms with Crippen molar-refractivity contribution in [1.29, 1.82) is 0 Å². The van der Waals surface area contributed by atoms with Gasteiger partial charge in [0.25, 0.3) is 0 Å². The summed E-state index contributed by atoms with van der Waals surface area (Å²) in [6.07, 6.45) is 3.45. The molecular weight excluding hydrogens is 222 g/mol. The van der Waals surface area contributed by atoms with Crippen LogP contribution in [0, 0.1) is 0 Å². The molecule has 2 rings (SSSR count). The third-order valence-corrected chi connectivity index (χ3v) is 3.12. The quantitative estimate of drug-likeness (QED) is 0.844. The van der Waals surface area contributed by atoms with E-state index in [0.717, 1.165) is 11.6 Å². The van der Waals surface area contributed by atoms with E-state index >= 15 is 0 Å². The number of nitrogens with zero attached hydrogens (tertiary/aromatic N) is 3. The highest BCUT2D eigenvalue weighted by atomic mass is 32.1. The summed E-state index contributed by atoms with van der Waals surface area (Å²) in [5.41, 5.74) is 5.56. The van der Waals surface area contributed by atoms with Gasteiger partial charge in [-0.3, -0.25) is 0 Å². The first-order valence-electron chi connectivity index (χ1n) is 4.97. The van der Waals surface area contributed by atoms with E-state index in [1.807, 2.05) is 11.6 Å². The maximum Gasteiger partial charge on any atom is 0.224 e. The van der Waals surface area contributed by atoms with Gasteiger partial charge in [0.1, 0.15) is 5.82 Å². The van der Waals surface area contributed by atoms with Gasteiger partial charge in [-0.05, 0) is 6.07 Å². The van der Waals surface area contributed by atoms with Crippen molar-refractivity contribution in [3.63, 3.8) is 0 Å². The topological polar surface area (TPSA) is 76.7 Å². The second-order valence-electron chi connectivity index (χ2n) is 3.46. The lowest BCUT2D eigenvalue weighted by Gasteiger charge is -2.09. The molecule has 0 bridgehead atoms. The smallest absolute Gasteiger partial charge is 0.224 e. The second-order valence-corrected chi connectivity index (χ2v) is 4.38. The number of nitrogens with two attached hydrogens (primary N) is 1. The Labute approximate surface area is 97.8 Å². The number of nitrogens with one attached hydrogen (secondary N) is 1. The van der Waals surface area contributed by atoms with Crippen molar-refractivity contribution in [3.8, 4) is 0 Å². The molecule has 3 N–H and O–H groups in total. The number of nitrogen functional groups attached to an aromatic ring is 1. The second kappa shape index (κ2) is 4.89. The van der Waals surface area contributed by atoms with Gasteiger partial charge in [0, 0.05) is 30.2 Å². The Bertz CT molecular complexity index is 442. The number of thiazole rings is 1. The van der Waals surface area contributed by atoms with Crippen molar-refractivity contribution in [3.05, 3.63) is 28.8 Å². The maximum atomic E-state index is 5.56. The highest BCUT2D eigenvalue weighted by Gasteiger charge is 2.08. The standard InChI is InChI=1S/C10H13N5S/c1-7(9-12-4-5-16-9)6-14-10-13-3-2-8(11)15-10/h2-5,7H,6H2,1H3,(H3,11,13,14,15). The van der Waals surface area contributed by atoms with Gasteiger partial charge < -0.3 is 11.1 Å². The molecule has 0 fully saturated rings. The molecule has 2 aromatic heterocycles. The average molecular weight is 235 g/mol. The van der Waals surface area contributed by atoms with Crippen LogP contribution in [0.5, 0.6) is 0 Å². The minimum Gasteiger partial charge on any atom is -0.384 e. The van der Waals surface area contributed by atoms with E-state index in [4.69, 9.17) is 5.73 Å². The Balaban J connectivity index is 1.92. The van der Waals surface area contributed by atoms with Crippen LogP contribution in [0.3, 0.4) is 0 Å². The number of hydrogen-bond acceptors (Lipinski definition) is 6. The largest absolute Gasteiger partial charge is 0.384 e. The predicted octanol–water partition coefficient (Wildman–Crippen LogP) is 1.73. The van der Waals surface area contributed by atoms with Crippen molar-refractivity contribution >= 4 is 23.1 Å². The van der Waals surface area contributed by atoms with Crippen LogP contribution in [-0.2, 0) is 0 Å². The van der Waals surface area contributed by atoms with Crippen LogP contribution in [0.1, 0.15) is 17.8 Å². The molecule has 2 aromatic rings. The summed E-state index contributed by atoms with van der Waals surface area (Å²) in [5, 5.41) is 6.22. The molecule has 5 nitrogen and oxygen atoms in total. The first-order valence-corrected chi connectivity index (χ1v) is 5.85. The van der Waals surface area contributed by atoms with Crippen LogP contribution < -0.4 is 11.1 Å². The molecule has 0 saturated carbocycles. The van der Waals surface area contributed by atoms with E-state index in [-0.39, 0.29) is 0 Å². The molecule has 2 heterocycles. The molecule has 0 radical (unpaired) electrons. The molecule has 16 heavy (non-hydrogen) atoms. The summed E-state index contributed by atoms with van der Waals surface area (Å²) >= 11 is 1.65. The Morgan fingerprint density at radius 3 is 3.00 bits per heavy atom. The first-order chi connectivity index (χ1) is 7.75. The summed E-state index contributed by atoms with van der Waals surface area (Å²) in [6.45, 7) is 2.86. The average Bonchev–Trinajstić information content (AvgIpc) is 2.79. The van der Waals surface area contributed by atoms with Crippen LogP contribution in [0.15, 0.2) is 23.8 Å². The summed E-state index contributed by atoms with van der Waals surface area (Å²) in [7, 11) is 0. The fourth-order valence-corrected chi connectivity index (χ4v) is 1.97. The first kappa shape index (κ1) is 10.8. The number of rotatable bonds is 4. The molecule has 0 saturated heterocycles. The van der Waals surface area contributed by atoms with Crippen molar-refractivity contribution < 1.29 is 0 Å². The highest BCUT2D eigenvalue weighted by molar-refractivity contribution is 7.09. The SMILES string of the molecule is CC(CNc1nccc(N)n1)c1nccs1. The van der Waals surface area contributed by atoms with Gasteiger partial charge in [0.15, 0.2) is 0 Å². The zero-order valence-corrected chi connectivity index (χ0v) is 9.74. The summed E-state index contributed by atoms with van der Waals surface area (Å²) in [6, 6.07) is 1.66. The Hall–Kier alpha value is -1.69. The monoisotopic (exact) mass is 235 g/mol. The predicted molar refractivity (Wildman–Crippen MR) is 65.5 cm³/mol. The third kappa shape index (κ3) is 2.66. The molecule has 0 aliphatic carbocycles. The molecule has 0 spiro atoms. The molecule has 1 atom stereocenters. The van der Waals surface area contributed by atoms with E-state index < -0.39 is 0 Å². The van der Waals surface area contributed by atoms with Gasteiger partial charge in [-0.25, -0.2) is 9.97 Å². The third-order valence-electron chi connectivity index (χ3n) is 2.12. The lowest BCUT2D eigenvalue weighted by Crippen LogP contribution is -2.12. The number of hydrogen-bond donors (Lipinski definition) is 2. The minimum absolute atomic E-state index is 0.338. The van der Waals surface area contributed by atoms with E-state index in [9.17, 15) is 0 Å². The molecule has 0 aliphatic rings. The van der Waals surface area contributed by atoms with Crippen molar-refractivity contribution in [1.82, 2.24) is 15.0 Å². The van der Waals surface area contributed by atoms with Gasteiger partial charge >= 0.3 is 0 Å². The van der Waals surface area contributed by atoms with Crippen molar-refractivity contribution in [2.45, 2.75) is 12.8 Å². The van der Waals surface area contributed by atoms with Crippen LogP contribution in [0.2, 0.25) is 0 Å². The lowest BCUT2D eigenvalue weighted by atomic mass is 10.2. The van der Waals surface area contributed by atoms with E-state index in [1.165, 1.54) is 0 Å². The van der Waals surface area contributed by atoms with Crippen molar-refractivity contribution in [2.24, 2.45) is 0 Å². The summed E-state index contributed by atoms with van der Waals surface area (Å²) < 4.78 is 0. The molecule has 1 unspecified atom stereocenters. The van der Waals surface area contributed by atoms with Gasteiger partial charge in [-0.2, -0.15) is 4.98 Å². The lowest BCUT2D eigenvalue weighted by molar-refractivity contribution is 0.788. The van der Waals surface area contributed by atoms with E-state index in [0.29, 0.717) is 17.7 Å². The number of anilines is 2. The summed E-state index contributed by atoms with van der Waals surface area (Å²) in [4.78, 5) is 12.4. The maximum absolute atomic E-state index is 5.56. The molecular formula is C10H13N5S. The fraction of sp³-hybridized carbons (Fsp3) is 0.300. The molecule has 0 aliphatic heterocycles. The van der Waals surface area contributed by atoms with Gasteiger partial charge in [-0.1, -0.05) is 6.92 Å². The Morgan fingerprint density at radius 2 is 2.31 bits per heavy atom. The zero-order valence-electron chi connectivity index (χ0n) is 8.92.